The fourth-order valence-corrected chi connectivity index (χ4v) is 2.18. The highest BCUT2D eigenvalue weighted by Gasteiger charge is 2.24. The van der Waals surface area contributed by atoms with Gasteiger partial charge in [0.1, 0.15) is 6.33 Å². The highest BCUT2D eigenvalue weighted by Crippen LogP contribution is 2.28. The number of anilines is 2. The minimum Gasteiger partial charge on any atom is -0.391 e. The second-order valence-electron chi connectivity index (χ2n) is 4.73. The summed E-state index contributed by atoms with van der Waals surface area (Å²) in [6.45, 7) is 6.58. The van der Waals surface area contributed by atoms with Crippen molar-refractivity contribution >= 4 is 17.3 Å². The second kappa shape index (κ2) is 8.35. The Bertz CT molecular complexity index is 465. The lowest BCUT2D eigenvalue weighted by Crippen LogP contribution is -2.28. The van der Waals surface area contributed by atoms with Crippen LogP contribution in [0.15, 0.2) is 6.33 Å². The van der Waals surface area contributed by atoms with Gasteiger partial charge in [0.15, 0.2) is 0 Å². The Labute approximate surface area is 124 Å². The molecule has 0 aliphatic rings. The molecule has 0 saturated heterocycles. The van der Waals surface area contributed by atoms with Gasteiger partial charge >= 0.3 is 5.69 Å². The molecule has 0 amide bonds. The maximum Gasteiger partial charge on any atom is 0.353 e. The van der Waals surface area contributed by atoms with Crippen molar-refractivity contribution in [1.29, 1.82) is 0 Å². The van der Waals surface area contributed by atoms with E-state index in [0.29, 0.717) is 6.54 Å². The molecule has 0 aliphatic carbocycles. The summed E-state index contributed by atoms with van der Waals surface area (Å²) < 4.78 is 0. The molecule has 0 bridgehead atoms. The van der Waals surface area contributed by atoms with E-state index in [1.807, 2.05) is 20.8 Å². The van der Waals surface area contributed by atoms with E-state index in [1.54, 1.807) is 0 Å². The number of hydrogen-bond donors (Lipinski definition) is 3. The number of rotatable bonds is 9. The van der Waals surface area contributed by atoms with Crippen molar-refractivity contribution in [3.63, 3.8) is 0 Å². The van der Waals surface area contributed by atoms with Gasteiger partial charge in [0, 0.05) is 13.1 Å². The van der Waals surface area contributed by atoms with Crippen LogP contribution in [-0.4, -0.2) is 39.2 Å². The normalized spacial score (nSPS) is 12.2. The number of hydrogen-bond acceptors (Lipinski definition) is 7. The Balaban J connectivity index is 2.88. The summed E-state index contributed by atoms with van der Waals surface area (Å²) in [5.74, 6) is 0.458. The Kier molecular flexibility index (Phi) is 6.80. The minimum absolute atomic E-state index is 0.121. The highest BCUT2D eigenvalue weighted by molar-refractivity contribution is 5.69. The molecule has 8 heteroatoms. The van der Waals surface area contributed by atoms with Crippen molar-refractivity contribution in [2.24, 2.45) is 5.92 Å². The van der Waals surface area contributed by atoms with Gasteiger partial charge in [-0.3, -0.25) is 10.1 Å². The largest absolute Gasteiger partial charge is 0.391 e. The lowest BCUT2D eigenvalue weighted by atomic mass is 9.96. The van der Waals surface area contributed by atoms with Gasteiger partial charge in [-0.25, -0.2) is 9.97 Å². The van der Waals surface area contributed by atoms with Crippen LogP contribution in [0.1, 0.15) is 33.6 Å². The predicted molar refractivity (Wildman–Crippen MR) is 81.4 cm³/mol. The van der Waals surface area contributed by atoms with Crippen LogP contribution in [0.5, 0.6) is 0 Å². The van der Waals surface area contributed by atoms with Crippen LogP contribution in [0.2, 0.25) is 0 Å². The summed E-state index contributed by atoms with van der Waals surface area (Å²) in [5.41, 5.74) is -0.198. The molecule has 0 aliphatic heterocycles. The van der Waals surface area contributed by atoms with E-state index in [0.717, 1.165) is 12.8 Å². The summed E-state index contributed by atoms with van der Waals surface area (Å²) in [6, 6.07) is 0. The number of nitro groups is 1. The topological polar surface area (TPSA) is 113 Å². The maximum atomic E-state index is 11.2. The molecule has 1 unspecified atom stereocenters. The van der Waals surface area contributed by atoms with E-state index in [2.05, 4.69) is 20.6 Å². The Morgan fingerprint density at radius 2 is 1.81 bits per heavy atom. The van der Waals surface area contributed by atoms with Gasteiger partial charge in [-0.15, -0.1) is 0 Å². The Hall–Kier alpha value is -1.96. The maximum absolute atomic E-state index is 11.2. The summed E-state index contributed by atoms with van der Waals surface area (Å²) in [6.07, 6.45) is 2.40. The molecule has 1 rings (SSSR count). The molecule has 118 valence electrons. The number of aromatic nitrogens is 2. The molecule has 1 aromatic rings. The standard InChI is InChI=1S/C13H23N5O3/c1-4-9(5-2)10(19)7-15-13-11(18(20)21)12(14-6-3)16-8-17-13/h8-10,19H,4-7H2,1-3H3,(H2,14,15,16,17). The van der Waals surface area contributed by atoms with Gasteiger partial charge in [0.2, 0.25) is 11.6 Å². The third-order valence-corrected chi connectivity index (χ3v) is 3.42. The van der Waals surface area contributed by atoms with E-state index in [9.17, 15) is 15.2 Å². The van der Waals surface area contributed by atoms with E-state index in [1.165, 1.54) is 6.33 Å². The fourth-order valence-electron chi connectivity index (χ4n) is 2.18. The molecule has 1 aromatic heterocycles. The molecule has 8 nitrogen and oxygen atoms in total. The van der Waals surface area contributed by atoms with Crippen molar-refractivity contribution in [2.45, 2.75) is 39.7 Å². The van der Waals surface area contributed by atoms with E-state index >= 15 is 0 Å². The first kappa shape index (κ1) is 17.1. The van der Waals surface area contributed by atoms with Crippen LogP contribution in [0.25, 0.3) is 0 Å². The van der Waals surface area contributed by atoms with Crippen LogP contribution in [0.4, 0.5) is 17.3 Å². The van der Waals surface area contributed by atoms with Crippen molar-refractivity contribution in [3.8, 4) is 0 Å². The first-order chi connectivity index (χ1) is 10.0. The molecule has 0 saturated carbocycles. The molecule has 3 N–H and O–H groups in total. The number of aliphatic hydroxyl groups is 1. The SMILES string of the molecule is CCNc1ncnc(NCC(O)C(CC)CC)c1[N+](=O)[O-]. The van der Waals surface area contributed by atoms with Crippen LogP contribution in [0.3, 0.4) is 0 Å². The van der Waals surface area contributed by atoms with E-state index < -0.39 is 11.0 Å². The zero-order chi connectivity index (χ0) is 15.8. The van der Waals surface area contributed by atoms with Crippen LogP contribution in [-0.2, 0) is 0 Å². The van der Waals surface area contributed by atoms with Crippen molar-refractivity contribution < 1.29 is 10.0 Å². The molecule has 0 spiro atoms. The third kappa shape index (κ3) is 4.52. The number of nitrogens with zero attached hydrogens (tertiary/aromatic N) is 3. The molecule has 1 heterocycles. The van der Waals surface area contributed by atoms with Gasteiger partial charge in [-0.1, -0.05) is 26.7 Å². The van der Waals surface area contributed by atoms with E-state index in [4.69, 9.17) is 0 Å². The molecular formula is C13H23N5O3. The summed E-state index contributed by atoms with van der Waals surface area (Å²) in [4.78, 5) is 18.5. The number of nitrogens with one attached hydrogen (secondary N) is 2. The molecular weight excluding hydrogens is 274 g/mol. The van der Waals surface area contributed by atoms with Crippen molar-refractivity contribution in [3.05, 3.63) is 16.4 Å². The smallest absolute Gasteiger partial charge is 0.353 e. The highest BCUT2D eigenvalue weighted by atomic mass is 16.6. The van der Waals surface area contributed by atoms with Gasteiger partial charge in [-0.05, 0) is 12.8 Å². The second-order valence-corrected chi connectivity index (χ2v) is 4.73. The van der Waals surface area contributed by atoms with Gasteiger partial charge in [0.05, 0.1) is 11.0 Å². The molecule has 21 heavy (non-hydrogen) atoms. The zero-order valence-electron chi connectivity index (χ0n) is 12.7. The summed E-state index contributed by atoms with van der Waals surface area (Å²) in [5, 5.41) is 27.0. The Morgan fingerprint density at radius 1 is 1.24 bits per heavy atom. The summed E-state index contributed by atoms with van der Waals surface area (Å²) >= 11 is 0. The summed E-state index contributed by atoms with van der Waals surface area (Å²) in [7, 11) is 0. The molecule has 0 fully saturated rings. The van der Waals surface area contributed by atoms with Crippen molar-refractivity contribution in [2.75, 3.05) is 23.7 Å². The van der Waals surface area contributed by atoms with Crippen LogP contribution in [0, 0.1) is 16.0 Å². The average Bonchev–Trinajstić information content (AvgIpc) is 2.46. The minimum atomic E-state index is -0.572. The predicted octanol–water partition coefficient (Wildman–Crippen LogP) is 2.03. The van der Waals surface area contributed by atoms with E-state index in [-0.39, 0.29) is 29.8 Å². The van der Waals surface area contributed by atoms with Crippen LogP contribution < -0.4 is 10.6 Å². The van der Waals surface area contributed by atoms with Gasteiger partial charge < -0.3 is 15.7 Å². The average molecular weight is 297 g/mol. The van der Waals surface area contributed by atoms with Crippen LogP contribution >= 0.6 is 0 Å². The lowest BCUT2D eigenvalue weighted by Gasteiger charge is -2.20. The molecule has 0 radical (unpaired) electrons. The fraction of sp³-hybridized carbons (Fsp3) is 0.692. The molecule has 0 aromatic carbocycles. The van der Waals surface area contributed by atoms with Gasteiger partial charge in [-0.2, -0.15) is 0 Å². The van der Waals surface area contributed by atoms with Gasteiger partial charge in [0.25, 0.3) is 0 Å². The first-order valence-electron chi connectivity index (χ1n) is 7.20. The molecule has 1 atom stereocenters. The number of aliphatic hydroxyl groups excluding tert-OH is 1. The van der Waals surface area contributed by atoms with Crippen molar-refractivity contribution in [1.82, 2.24) is 9.97 Å². The first-order valence-corrected chi connectivity index (χ1v) is 7.20. The third-order valence-electron chi connectivity index (χ3n) is 3.42. The zero-order valence-corrected chi connectivity index (χ0v) is 12.7. The Morgan fingerprint density at radius 3 is 2.29 bits per heavy atom. The lowest BCUT2D eigenvalue weighted by molar-refractivity contribution is -0.383. The monoisotopic (exact) mass is 297 g/mol. The quantitative estimate of drug-likeness (QED) is 0.472.